The average molecular weight is 337 g/mol. The molecule has 2 atom stereocenters. The SMILES string of the molecule is NC(=O)N[C@@H](CC(=O)N[C@@H](c1ccccc1)C1CC1)c1ccccc1. The summed E-state index contributed by atoms with van der Waals surface area (Å²) in [6.45, 7) is 0. The van der Waals surface area contributed by atoms with E-state index in [-0.39, 0.29) is 18.4 Å². The second kappa shape index (κ2) is 7.83. The van der Waals surface area contributed by atoms with Crippen molar-refractivity contribution in [2.45, 2.75) is 31.3 Å². The van der Waals surface area contributed by atoms with Gasteiger partial charge >= 0.3 is 6.03 Å². The molecule has 4 N–H and O–H groups in total. The van der Waals surface area contributed by atoms with E-state index in [0.717, 1.165) is 24.0 Å². The molecular formula is C20H23N3O2. The van der Waals surface area contributed by atoms with Crippen molar-refractivity contribution < 1.29 is 9.59 Å². The van der Waals surface area contributed by atoms with Crippen LogP contribution in [0.5, 0.6) is 0 Å². The minimum absolute atomic E-state index is 0.0266. The molecule has 2 aromatic rings. The molecule has 1 aliphatic rings. The van der Waals surface area contributed by atoms with Gasteiger partial charge in [-0.25, -0.2) is 4.79 Å². The molecule has 0 heterocycles. The zero-order valence-electron chi connectivity index (χ0n) is 14.0. The fraction of sp³-hybridized carbons (Fsp3) is 0.300. The van der Waals surface area contributed by atoms with Crippen LogP contribution in [0.2, 0.25) is 0 Å². The molecule has 3 amide bonds. The van der Waals surface area contributed by atoms with Crippen LogP contribution in [0.25, 0.3) is 0 Å². The molecular weight excluding hydrogens is 314 g/mol. The molecule has 5 heteroatoms. The van der Waals surface area contributed by atoms with Gasteiger partial charge in [0, 0.05) is 0 Å². The third-order valence-electron chi connectivity index (χ3n) is 4.48. The van der Waals surface area contributed by atoms with Gasteiger partial charge in [0.25, 0.3) is 0 Å². The molecule has 0 saturated heterocycles. The highest BCUT2D eigenvalue weighted by Crippen LogP contribution is 2.41. The summed E-state index contributed by atoms with van der Waals surface area (Å²) in [6.07, 6.45) is 2.41. The zero-order valence-corrected chi connectivity index (χ0v) is 14.0. The van der Waals surface area contributed by atoms with E-state index in [1.807, 2.05) is 60.7 Å². The van der Waals surface area contributed by atoms with Crippen LogP contribution < -0.4 is 16.4 Å². The fourth-order valence-electron chi connectivity index (χ4n) is 3.09. The van der Waals surface area contributed by atoms with Gasteiger partial charge < -0.3 is 16.4 Å². The van der Waals surface area contributed by atoms with Gasteiger partial charge in [-0.3, -0.25) is 4.79 Å². The summed E-state index contributed by atoms with van der Waals surface area (Å²) >= 11 is 0. The first-order valence-electron chi connectivity index (χ1n) is 8.58. The summed E-state index contributed by atoms with van der Waals surface area (Å²) in [6, 6.07) is 18.4. The van der Waals surface area contributed by atoms with Crippen molar-refractivity contribution in [1.29, 1.82) is 0 Å². The molecule has 1 saturated carbocycles. The number of primary amides is 1. The Labute approximate surface area is 147 Å². The minimum atomic E-state index is -0.636. The number of rotatable bonds is 7. The lowest BCUT2D eigenvalue weighted by Gasteiger charge is -2.22. The Morgan fingerprint density at radius 1 is 0.920 bits per heavy atom. The normalized spacial score (nSPS) is 15.8. The summed E-state index contributed by atoms with van der Waals surface area (Å²) in [4.78, 5) is 23.9. The first-order chi connectivity index (χ1) is 12.1. The Kier molecular flexibility index (Phi) is 5.33. The second-order valence-electron chi connectivity index (χ2n) is 6.47. The van der Waals surface area contributed by atoms with Crippen LogP contribution in [0.4, 0.5) is 4.79 Å². The Balaban J connectivity index is 1.69. The molecule has 2 aromatic carbocycles. The van der Waals surface area contributed by atoms with Gasteiger partial charge in [-0.2, -0.15) is 0 Å². The van der Waals surface area contributed by atoms with E-state index in [0.29, 0.717) is 5.92 Å². The number of hydrogen-bond donors (Lipinski definition) is 3. The van der Waals surface area contributed by atoms with Crippen LogP contribution in [0.1, 0.15) is 42.5 Å². The van der Waals surface area contributed by atoms with Crippen LogP contribution in [-0.4, -0.2) is 11.9 Å². The highest BCUT2D eigenvalue weighted by molar-refractivity contribution is 5.79. The quantitative estimate of drug-likeness (QED) is 0.725. The number of amides is 3. The first-order valence-corrected chi connectivity index (χ1v) is 8.58. The Bertz CT molecular complexity index is 714. The molecule has 1 fully saturated rings. The van der Waals surface area contributed by atoms with Crippen LogP contribution in [0.15, 0.2) is 60.7 Å². The van der Waals surface area contributed by atoms with Crippen LogP contribution >= 0.6 is 0 Å². The van der Waals surface area contributed by atoms with Crippen molar-refractivity contribution in [3.05, 3.63) is 71.8 Å². The molecule has 0 radical (unpaired) electrons. The van der Waals surface area contributed by atoms with E-state index < -0.39 is 12.1 Å². The lowest BCUT2D eigenvalue weighted by atomic mass is 10.0. The number of nitrogens with one attached hydrogen (secondary N) is 2. The number of urea groups is 1. The number of hydrogen-bond acceptors (Lipinski definition) is 2. The molecule has 25 heavy (non-hydrogen) atoms. The summed E-state index contributed by atoms with van der Waals surface area (Å²) in [7, 11) is 0. The Morgan fingerprint density at radius 3 is 2.00 bits per heavy atom. The molecule has 0 bridgehead atoms. The lowest BCUT2D eigenvalue weighted by molar-refractivity contribution is -0.122. The highest BCUT2D eigenvalue weighted by Gasteiger charge is 2.33. The standard InChI is InChI=1S/C20H23N3O2/c21-20(25)22-17(14-7-3-1-4-8-14)13-18(24)23-19(16-11-12-16)15-9-5-2-6-10-15/h1-10,16-17,19H,11-13H2,(H,23,24)(H3,21,22,25)/t17-,19-/m0/s1. The van der Waals surface area contributed by atoms with Gasteiger partial charge in [-0.15, -0.1) is 0 Å². The monoisotopic (exact) mass is 337 g/mol. The van der Waals surface area contributed by atoms with Crippen LogP contribution in [-0.2, 0) is 4.79 Å². The Morgan fingerprint density at radius 2 is 1.48 bits per heavy atom. The van der Waals surface area contributed by atoms with E-state index in [1.54, 1.807) is 0 Å². The van der Waals surface area contributed by atoms with Gasteiger partial charge in [0.15, 0.2) is 0 Å². The van der Waals surface area contributed by atoms with Crippen LogP contribution in [0, 0.1) is 5.92 Å². The zero-order chi connectivity index (χ0) is 17.6. The number of benzene rings is 2. The average Bonchev–Trinajstić information content (AvgIpc) is 3.45. The number of carbonyl (C=O) groups excluding carboxylic acids is 2. The maximum absolute atomic E-state index is 12.6. The summed E-state index contributed by atoms with van der Waals surface area (Å²) in [5, 5.41) is 5.80. The van der Waals surface area contributed by atoms with Gasteiger partial charge in [-0.1, -0.05) is 60.7 Å². The van der Waals surface area contributed by atoms with E-state index in [9.17, 15) is 9.59 Å². The van der Waals surface area contributed by atoms with Crippen LogP contribution in [0.3, 0.4) is 0 Å². The number of carbonyl (C=O) groups is 2. The molecule has 0 spiro atoms. The number of nitrogens with two attached hydrogens (primary N) is 1. The summed E-state index contributed by atoms with van der Waals surface area (Å²) in [5.74, 6) is 0.397. The largest absolute Gasteiger partial charge is 0.352 e. The molecule has 130 valence electrons. The van der Waals surface area contributed by atoms with Crippen molar-refractivity contribution >= 4 is 11.9 Å². The minimum Gasteiger partial charge on any atom is -0.352 e. The maximum Gasteiger partial charge on any atom is 0.312 e. The smallest absolute Gasteiger partial charge is 0.312 e. The van der Waals surface area contributed by atoms with E-state index >= 15 is 0 Å². The molecule has 5 nitrogen and oxygen atoms in total. The lowest BCUT2D eigenvalue weighted by Crippen LogP contribution is -2.38. The topological polar surface area (TPSA) is 84.2 Å². The third-order valence-corrected chi connectivity index (χ3v) is 4.48. The van der Waals surface area contributed by atoms with Crippen molar-refractivity contribution in [3.63, 3.8) is 0 Å². The van der Waals surface area contributed by atoms with Crippen molar-refractivity contribution in [3.8, 4) is 0 Å². The first kappa shape index (κ1) is 17.0. The maximum atomic E-state index is 12.6. The highest BCUT2D eigenvalue weighted by atomic mass is 16.2. The second-order valence-corrected chi connectivity index (χ2v) is 6.47. The summed E-state index contributed by atoms with van der Waals surface area (Å²) in [5.41, 5.74) is 7.26. The van der Waals surface area contributed by atoms with Gasteiger partial charge in [0.1, 0.15) is 0 Å². The molecule has 1 aliphatic carbocycles. The van der Waals surface area contributed by atoms with Gasteiger partial charge in [0.05, 0.1) is 18.5 Å². The predicted octanol–water partition coefficient (Wildman–Crippen LogP) is 3.05. The van der Waals surface area contributed by atoms with Crippen molar-refractivity contribution in [1.82, 2.24) is 10.6 Å². The molecule has 0 aromatic heterocycles. The van der Waals surface area contributed by atoms with Gasteiger partial charge in [0.2, 0.25) is 5.91 Å². The fourth-order valence-corrected chi connectivity index (χ4v) is 3.09. The van der Waals surface area contributed by atoms with E-state index in [1.165, 1.54) is 0 Å². The van der Waals surface area contributed by atoms with E-state index in [4.69, 9.17) is 5.73 Å². The summed E-state index contributed by atoms with van der Waals surface area (Å²) < 4.78 is 0. The molecule has 0 aliphatic heterocycles. The van der Waals surface area contributed by atoms with E-state index in [2.05, 4.69) is 10.6 Å². The Hall–Kier alpha value is -2.82. The predicted molar refractivity (Wildman–Crippen MR) is 96.6 cm³/mol. The molecule has 3 rings (SSSR count). The molecule has 0 unspecified atom stereocenters. The van der Waals surface area contributed by atoms with Crippen molar-refractivity contribution in [2.24, 2.45) is 11.7 Å². The van der Waals surface area contributed by atoms with Gasteiger partial charge in [-0.05, 0) is 29.9 Å². The van der Waals surface area contributed by atoms with Crippen molar-refractivity contribution in [2.75, 3.05) is 0 Å². The third kappa shape index (κ3) is 4.83.